The number of aromatic nitrogens is 1. The average Bonchev–Trinajstić information content (AvgIpc) is 3.07. The predicted octanol–water partition coefficient (Wildman–Crippen LogP) is 2.08. The second-order valence-corrected chi connectivity index (χ2v) is 6.32. The minimum atomic E-state index is -0.461. The summed E-state index contributed by atoms with van der Waals surface area (Å²) in [7, 11) is 0. The first kappa shape index (κ1) is 15.7. The van der Waals surface area contributed by atoms with Crippen LogP contribution in [0.4, 0.5) is 5.13 Å². The van der Waals surface area contributed by atoms with Gasteiger partial charge in [0.05, 0.1) is 0 Å². The molecule has 2 N–H and O–H groups in total. The maximum absolute atomic E-state index is 11.1. The van der Waals surface area contributed by atoms with Crippen molar-refractivity contribution in [2.24, 2.45) is 5.73 Å². The molecule has 2 aromatic rings. The summed E-state index contributed by atoms with van der Waals surface area (Å²) in [5.74, 6) is -0.461. The van der Waals surface area contributed by atoms with Crippen LogP contribution in [0.2, 0.25) is 0 Å². The first-order chi connectivity index (χ1) is 11.2. The number of thiazole rings is 1. The molecule has 23 heavy (non-hydrogen) atoms. The molecule has 0 radical (unpaired) electrons. The zero-order valence-corrected chi connectivity index (χ0v) is 13.7. The van der Waals surface area contributed by atoms with Crippen molar-refractivity contribution in [3.63, 3.8) is 0 Å². The molecular formula is C17H20N4OS. The van der Waals surface area contributed by atoms with Crippen LogP contribution in [0.1, 0.15) is 16.1 Å². The van der Waals surface area contributed by atoms with E-state index in [4.69, 9.17) is 5.73 Å². The van der Waals surface area contributed by atoms with Crippen molar-refractivity contribution < 1.29 is 4.79 Å². The van der Waals surface area contributed by atoms with E-state index in [2.05, 4.69) is 39.1 Å². The van der Waals surface area contributed by atoms with E-state index in [0.29, 0.717) is 5.69 Å². The number of primary amides is 1. The molecule has 0 spiro atoms. The summed E-state index contributed by atoms with van der Waals surface area (Å²) in [5.41, 5.74) is 6.84. The van der Waals surface area contributed by atoms with Crippen LogP contribution in [-0.4, -0.2) is 48.5 Å². The van der Waals surface area contributed by atoms with Gasteiger partial charge in [-0.05, 0) is 5.56 Å². The van der Waals surface area contributed by atoms with E-state index >= 15 is 0 Å². The molecule has 1 aliphatic rings. The number of piperazine rings is 1. The Kier molecular flexibility index (Phi) is 5.05. The van der Waals surface area contributed by atoms with Gasteiger partial charge in [-0.2, -0.15) is 0 Å². The summed E-state index contributed by atoms with van der Waals surface area (Å²) in [5, 5.41) is 2.62. The summed E-state index contributed by atoms with van der Waals surface area (Å²) in [6, 6.07) is 10.3. The molecule has 0 atom stereocenters. The van der Waals surface area contributed by atoms with Crippen LogP contribution in [0.15, 0.2) is 41.8 Å². The molecule has 1 aromatic heterocycles. The molecule has 1 aliphatic heterocycles. The second kappa shape index (κ2) is 7.39. The smallest absolute Gasteiger partial charge is 0.268 e. The first-order valence-corrected chi connectivity index (χ1v) is 8.54. The van der Waals surface area contributed by atoms with Crippen LogP contribution in [0, 0.1) is 0 Å². The average molecular weight is 328 g/mol. The van der Waals surface area contributed by atoms with Gasteiger partial charge in [-0.15, -0.1) is 11.3 Å². The van der Waals surface area contributed by atoms with E-state index in [1.807, 2.05) is 18.2 Å². The van der Waals surface area contributed by atoms with Crippen molar-refractivity contribution >= 4 is 28.5 Å². The Labute approximate surface area is 140 Å². The minimum Gasteiger partial charge on any atom is -0.364 e. The third kappa shape index (κ3) is 4.18. The summed E-state index contributed by atoms with van der Waals surface area (Å²) in [6.07, 6.45) is 4.37. The second-order valence-electron chi connectivity index (χ2n) is 5.48. The number of anilines is 1. The minimum absolute atomic E-state index is 0.359. The van der Waals surface area contributed by atoms with Gasteiger partial charge in [0, 0.05) is 38.1 Å². The van der Waals surface area contributed by atoms with Gasteiger partial charge in [0.1, 0.15) is 5.69 Å². The van der Waals surface area contributed by atoms with Crippen molar-refractivity contribution in [2.75, 3.05) is 37.6 Å². The summed E-state index contributed by atoms with van der Waals surface area (Å²) in [6.45, 7) is 4.78. The van der Waals surface area contributed by atoms with Crippen LogP contribution in [-0.2, 0) is 0 Å². The molecular weight excluding hydrogens is 308 g/mol. The number of carbonyl (C=O) groups is 1. The number of nitrogens with zero attached hydrogens (tertiary/aromatic N) is 3. The lowest BCUT2D eigenvalue weighted by atomic mass is 10.2. The van der Waals surface area contributed by atoms with Gasteiger partial charge >= 0.3 is 0 Å². The van der Waals surface area contributed by atoms with Crippen LogP contribution >= 0.6 is 11.3 Å². The summed E-state index contributed by atoms with van der Waals surface area (Å²) < 4.78 is 0. The van der Waals surface area contributed by atoms with Crippen LogP contribution in [0.25, 0.3) is 6.08 Å². The predicted molar refractivity (Wildman–Crippen MR) is 94.8 cm³/mol. The van der Waals surface area contributed by atoms with Gasteiger partial charge < -0.3 is 10.6 Å². The molecule has 5 nitrogen and oxygen atoms in total. The van der Waals surface area contributed by atoms with Crippen molar-refractivity contribution in [1.29, 1.82) is 0 Å². The van der Waals surface area contributed by atoms with Crippen molar-refractivity contribution in [3.8, 4) is 0 Å². The fourth-order valence-corrected chi connectivity index (χ4v) is 3.42. The quantitative estimate of drug-likeness (QED) is 0.913. The highest BCUT2D eigenvalue weighted by molar-refractivity contribution is 7.13. The van der Waals surface area contributed by atoms with Crippen molar-refractivity contribution in [2.45, 2.75) is 0 Å². The standard InChI is InChI=1S/C17H20N4OS/c18-16(22)15-13-23-17(19-15)21-11-9-20(10-12-21)8-4-7-14-5-2-1-3-6-14/h1-7,13H,8-12H2,(H2,18,22)/b7-4+. The molecule has 0 unspecified atom stereocenters. The third-order valence-electron chi connectivity index (χ3n) is 3.86. The van der Waals surface area contributed by atoms with Crippen LogP contribution in [0.3, 0.4) is 0 Å². The van der Waals surface area contributed by atoms with Crippen LogP contribution in [0.5, 0.6) is 0 Å². The molecule has 0 bridgehead atoms. The molecule has 1 saturated heterocycles. The highest BCUT2D eigenvalue weighted by Crippen LogP contribution is 2.21. The number of nitrogens with two attached hydrogens (primary N) is 1. The zero-order valence-electron chi connectivity index (χ0n) is 12.9. The Morgan fingerprint density at radius 2 is 1.96 bits per heavy atom. The highest BCUT2D eigenvalue weighted by Gasteiger charge is 2.19. The van der Waals surface area contributed by atoms with E-state index in [-0.39, 0.29) is 0 Å². The van der Waals surface area contributed by atoms with Gasteiger partial charge in [-0.3, -0.25) is 9.69 Å². The largest absolute Gasteiger partial charge is 0.364 e. The third-order valence-corrected chi connectivity index (χ3v) is 4.76. The molecule has 120 valence electrons. The number of amides is 1. The normalized spacial score (nSPS) is 16.1. The molecule has 0 aliphatic carbocycles. The topological polar surface area (TPSA) is 62.5 Å². The number of carbonyl (C=O) groups excluding carboxylic acids is 1. The van der Waals surface area contributed by atoms with Gasteiger partial charge in [0.15, 0.2) is 5.13 Å². The monoisotopic (exact) mass is 328 g/mol. The summed E-state index contributed by atoms with van der Waals surface area (Å²) >= 11 is 1.48. The Morgan fingerprint density at radius 3 is 2.61 bits per heavy atom. The molecule has 0 saturated carbocycles. The number of benzene rings is 1. The number of hydrogen-bond donors (Lipinski definition) is 1. The number of hydrogen-bond acceptors (Lipinski definition) is 5. The SMILES string of the molecule is NC(=O)c1csc(N2CCN(C/C=C/c3ccccc3)CC2)n1. The van der Waals surface area contributed by atoms with Gasteiger partial charge in [-0.1, -0.05) is 42.5 Å². The van der Waals surface area contributed by atoms with Crippen molar-refractivity contribution in [1.82, 2.24) is 9.88 Å². The fourth-order valence-electron chi connectivity index (χ4n) is 2.55. The van der Waals surface area contributed by atoms with E-state index < -0.39 is 5.91 Å². The van der Waals surface area contributed by atoms with Gasteiger partial charge in [0.25, 0.3) is 5.91 Å². The lowest BCUT2D eigenvalue weighted by molar-refractivity contribution is 0.0996. The Bertz CT molecular complexity index is 675. The Hall–Kier alpha value is -2.18. The lowest BCUT2D eigenvalue weighted by Gasteiger charge is -2.33. The van der Waals surface area contributed by atoms with Crippen LogP contribution < -0.4 is 10.6 Å². The maximum Gasteiger partial charge on any atom is 0.268 e. The molecule has 1 amide bonds. The first-order valence-electron chi connectivity index (χ1n) is 7.66. The Morgan fingerprint density at radius 1 is 1.22 bits per heavy atom. The highest BCUT2D eigenvalue weighted by atomic mass is 32.1. The molecule has 6 heteroatoms. The van der Waals surface area contributed by atoms with Gasteiger partial charge in [0.2, 0.25) is 0 Å². The fraction of sp³-hybridized carbons (Fsp3) is 0.294. The zero-order chi connectivity index (χ0) is 16.1. The van der Waals surface area contributed by atoms with E-state index in [1.165, 1.54) is 16.9 Å². The van der Waals surface area contributed by atoms with E-state index in [0.717, 1.165) is 37.9 Å². The lowest BCUT2D eigenvalue weighted by Crippen LogP contribution is -2.46. The summed E-state index contributed by atoms with van der Waals surface area (Å²) in [4.78, 5) is 20.0. The molecule has 2 heterocycles. The van der Waals surface area contributed by atoms with E-state index in [1.54, 1.807) is 5.38 Å². The Balaban J connectivity index is 1.48. The molecule has 1 aromatic carbocycles. The van der Waals surface area contributed by atoms with Gasteiger partial charge in [-0.25, -0.2) is 4.98 Å². The molecule has 3 rings (SSSR count). The van der Waals surface area contributed by atoms with E-state index in [9.17, 15) is 4.79 Å². The molecule has 1 fully saturated rings. The maximum atomic E-state index is 11.1. The van der Waals surface area contributed by atoms with Crippen molar-refractivity contribution in [3.05, 3.63) is 53.0 Å². The number of rotatable bonds is 5.